The highest BCUT2D eigenvalue weighted by molar-refractivity contribution is 5.75. The fourth-order valence-electron chi connectivity index (χ4n) is 2.07. The molecule has 2 N–H and O–H groups in total. The minimum absolute atomic E-state index is 0.00363. The second kappa shape index (κ2) is 6.14. The van der Waals surface area contributed by atoms with Crippen LogP contribution >= 0.6 is 0 Å². The summed E-state index contributed by atoms with van der Waals surface area (Å²) in [4.78, 5) is 11.9. The van der Waals surface area contributed by atoms with Crippen molar-refractivity contribution in [2.75, 3.05) is 6.61 Å². The molecule has 19 heavy (non-hydrogen) atoms. The van der Waals surface area contributed by atoms with Gasteiger partial charge in [0.2, 0.25) is 5.91 Å². The van der Waals surface area contributed by atoms with Crippen LogP contribution in [-0.2, 0) is 11.3 Å². The van der Waals surface area contributed by atoms with Gasteiger partial charge in [-0.15, -0.1) is 5.10 Å². The average Bonchev–Trinajstić information content (AvgIpc) is 3.10. The van der Waals surface area contributed by atoms with Crippen LogP contribution in [0.5, 0.6) is 0 Å². The van der Waals surface area contributed by atoms with Crippen LogP contribution in [-0.4, -0.2) is 38.7 Å². The molecule has 6 nitrogen and oxygen atoms in total. The van der Waals surface area contributed by atoms with Crippen LogP contribution in [0.25, 0.3) is 0 Å². The summed E-state index contributed by atoms with van der Waals surface area (Å²) in [7, 11) is 0. The lowest BCUT2D eigenvalue weighted by Crippen LogP contribution is -2.40. The number of aliphatic hydroxyl groups excluding tert-OH is 1. The topological polar surface area (TPSA) is 80.0 Å². The van der Waals surface area contributed by atoms with Crippen molar-refractivity contribution in [1.82, 2.24) is 20.3 Å². The molecule has 1 aromatic heterocycles. The first-order valence-electron chi connectivity index (χ1n) is 6.90. The molecule has 1 heterocycles. The fourth-order valence-corrected chi connectivity index (χ4v) is 2.07. The predicted octanol–water partition coefficient (Wildman–Crippen LogP) is 0.679. The molecular formula is C13H22N4O2. The van der Waals surface area contributed by atoms with Gasteiger partial charge < -0.3 is 10.4 Å². The quantitative estimate of drug-likeness (QED) is 0.760. The maximum atomic E-state index is 11.9. The van der Waals surface area contributed by atoms with Crippen LogP contribution in [0.2, 0.25) is 0 Å². The van der Waals surface area contributed by atoms with E-state index in [1.54, 1.807) is 4.68 Å². The molecule has 1 unspecified atom stereocenters. The molecule has 1 aliphatic rings. The zero-order valence-corrected chi connectivity index (χ0v) is 11.5. The van der Waals surface area contributed by atoms with E-state index in [1.807, 2.05) is 20.0 Å². The Kier molecular flexibility index (Phi) is 4.52. The van der Waals surface area contributed by atoms with Crippen molar-refractivity contribution in [3.8, 4) is 0 Å². The van der Waals surface area contributed by atoms with Gasteiger partial charge in [0.25, 0.3) is 0 Å². The number of carbonyl (C=O) groups is 1. The molecule has 1 aliphatic carbocycles. The Morgan fingerprint density at radius 2 is 2.32 bits per heavy atom. The van der Waals surface area contributed by atoms with Gasteiger partial charge in [0.15, 0.2) is 0 Å². The Morgan fingerprint density at radius 3 is 2.89 bits per heavy atom. The average molecular weight is 266 g/mol. The molecule has 2 rings (SSSR count). The molecule has 0 aromatic carbocycles. The van der Waals surface area contributed by atoms with Crippen molar-refractivity contribution < 1.29 is 9.90 Å². The molecule has 0 radical (unpaired) electrons. The second-order valence-corrected chi connectivity index (χ2v) is 5.55. The minimum Gasteiger partial charge on any atom is -0.396 e. The van der Waals surface area contributed by atoms with E-state index < -0.39 is 0 Å². The Labute approximate surface area is 113 Å². The van der Waals surface area contributed by atoms with Gasteiger partial charge >= 0.3 is 0 Å². The van der Waals surface area contributed by atoms with Crippen molar-refractivity contribution in [2.45, 2.75) is 51.6 Å². The van der Waals surface area contributed by atoms with E-state index >= 15 is 0 Å². The first-order valence-corrected chi connectivity index (χ1v) is 6.90. The summed E-state index contributed by atoms with van der Waals surface area (Å²) in [5, 5.41) is 20.0. The van der Waals surface area contributed by atoms with E-state index in [2.05, 4.69) is 15.6 Å². The predicted molar refractivity (Wildman–Crippen MR) is 70.5 cm³/mol. The van der Waals surface area contributed by atoms with Crippen molar-refractivity contribution in [3.63, 3.8) is 0 Å². The van der Waals surface area contributed by atoms with Gasteiger partial charge in [-0.2, -0.15) is 0 Å². The molecule has 0 bridgehead atoms. The van der Waals surface area contributed by atoms with Crippen molar-refractivity contribution in [3.05, 3.63) is 11.9 Å². The van der Waals surface area contributed by atoms with Crippen molar-refractivity contribution >= 4 is 5.91 Å². The van der Waals surface area contributed by atoms with Crippen LogP contribution in [0.4, 0.5) is 0 Å². The number of aromatic nitrogens is 3. The molecule has 1 amide bonds. The molecular weight excluding hydrogens is 244 g/mol. The number of nitrogens with zero attached hydrogens (tertiary/aromatic N) is 3. The van der Waals surface area contributed by atoms with Crippen LogP contribution in [0.15, 0.2) is 6.20 Å². The van der Waals surface area contributed by atoms with Gasteiger partial charge in [0.05, 0.1) is 5.69 Å². The highest BCUT2D eigenvalue weighted by Crippen LogP contribution is 2.38. The Hall–Kier alpha value is -1.43. The number of carbonyl (C=O) groups excluding carboxylic acids is 1. The normalized spacial score (nSPS) is 16.6. The third-order valence-corrected chi connectivity index (χ3v) is 3.45. The summed E-state index contributed by atoms with van der Waals surface area (Å²) in [5.74, 6) is 0.767. The molecule has 1 atom stereocenters. The van der Waals surface area contributed by atoms with Crippen LogP contribution in [0.1, 0.15) is 44.7 Å². The number of rotatable bonds is 7. The van der Waals surface area contributed by atoms with Crippen molar-refractivity contribution in [2.24, 2.45) is 5.92 Å². The number of hydrogen-bond acceptors (Lipinski definition) is 4. The SMILES string of the molecule is CC(C)C(CCO)NC(=O)Cn1cc(C2CC2)nn1. The van der Waals surface area contributed by atoms with Gasteiger partial charge in [-0.25, -0.2) is 4.68 Å². The van der Waals surface area contributed by atoms with E-state index in [1.165, 1.54) is 12.8 Å². The summed E-state index contributed by atoms with van der Waals surface area (Å²) in [6, 6.07) is 0.00363. The minimum atomic E-state index is -0.0839. The maximum absolute atomic E-state index is 11.9. The van der Waals surface area contributed by atoms with Gasteiger partial charge in [0.1, 0.15) is 6.54 Å². The van der Waals surface area contributed by atoms with E-state index in [0.717, 1.165) is 5.69 Å². The van der Waals surface area contributed by atoms with E-state index in [9.17, 15) is 4.79 Å². The largest absolute Gasteiger partial charge is 0.396 e. The van der Waals surface area contributed by atoms with Crippen LogP contribution in [0, 0.1) is 5.92 Å². The maximum Gasteiger partial charge on any atom is 0.242 e. The lowest BCUT2D eigenvalue weighted by atomic mass is 10.0. The molecule has 1 fully saturated rings. The summed E-state index contributed by atoms with van der Waals surface area (Å²) in [6.07, 6.45) is 4.79. The summed E-state index contributed by atoms with van der Waals surface area (Å²) in [6.45, 7) is 4.33. The molecule has 0 saturated heterocycles. The first kappa shape index (κ1) is 14.0. The van der Waals surface area contributed by atoms with E-state index in [-0.39, 0.29) is 25.1 Å². The lowest BCUT2D eigenvalue weighted by Gasteiger charge is -2.21. The van der Waals surface area contributed by atoms with E-state index in [0.29, 0.717) is 18.3 Å². The molecule has 1 saturated carbocycles. The zero-order chi connectivity index (χ0) is 13.8. The highest BCUT2D eigenvalue weighted by Gasteiger charge is 2.26. The van der Waals surface area contributed by atoms with Gasteiger partial charge in [0, 0.05) is 24.8 Å². The molecule has 6 heteroatoms. The van der Waals surface area contributed by atoms with Gasteiger partial charge in [-0.3, -0.25) is 4.79 Å². The number of nitrogens with one attached hydrogen (secondary N) is 1. The van der Waals surface area contributed by atoms with Crippen LogP contribution < -0.4 is 5.32 Å². The molecule has 106 valence electrons. The van der Waals surface area contributed by atoms with Gasteiger partial charge in [-0.05, 0) is 25.2 Å². The Balaban J connectivity index is 1.84. The third kappa shape index (κ3) is 4.02. The van der Waals surface area contributed by atoms with Crippen LogP contribution in [0.3, 0.4) is 0 Å². The number of amides is 1. The first-order chi connectivity index (χ1) is 9.10. The summed E-state index contributed by atoms with van der Waals surface area (Å²) < 4.78 is 1.58. The second-order valence-electron chi connectivity index (χ2n) is 5.55. The molecule has 0 spiro atoms. The third-order valence-electron chi connectivity index (χ3n) is 3.45. The van der Waals surface area contributed by atoms with E-state index in [4.69, 9.17) is 5.11 Å². The van der Waals surface area contributed by atoms with Crippen molar-refractivity contribution in [1.29, 1.82) is 0 Å². The summed E-state index contributed by atoms with van der Waals surface area (Å²) in [5.41, 5.74) is 0.989. The lowest BCUT2D eigenvalue weighted by molar-refractivity contribution is -0.123. The standard InChI is InChI=1S/C13H22N4O2/c1-9(2)11(5-6-18)14-13(19)8-17-7-12(15-16-17)10-3-4-10/h7,9-11,18H,3-6,8H2,1-2H3,(H,14,19). The fraction of sp³-hybridized carbons (Fsp3) is 0.769. The number of hydrogen-bond donors (Lipinski definition) is 2. The summed E-state index contributed by atoms with van der Waals surface area (Å²) >= 11 is 0. The smallest absolute Gasteiger partial charge is 0.242 e. The Morgan fingerprint density at radius 1 is 1.58 bits per heavy atom. The zero-order valence-electron chi connectivity index (χ0n) is 11.5. The number of aliphatic hydroxyl groups is 1. The molecule has 0 aliphatic heterocycles. The van der Waals surface area contributed by atoms with Gasteiger partial charge in [-0.1, -0.05) is 19.1 Å². The Bertz CT molecular complexity index is 426. The highest BCUT2D eigenvalue weighted by atomic mass is 16.3. The molecule has 1 aromatic rings. The monoisotopic (exact) mass is 266 g/mol.